The number of rotatable bonds is 11. The van der Waals surface area contributed by atoms with Crippen molar-refractivity contribution >= 4 is 39.1 Å². The van der Waals surface area contributed by atoms with E-state index >= 15 is 0 Å². The van der Waals surface area contributed by atoms with Crippen molar-refractivity contribution in [3.05, 3.63) is 41.3 Å². The van der Waals surface area contributed by atoms with Crippen LogP contribution in [-0.4, -0.2) is 65.3 Å². The number of amides is 1. The minimum Gasteiger partial charge on any atom is -0.447 e. The molecule has 1 saturated heterocycles. The van der Waals surface area contributed by atoms with Crippen LogP contribution in [0.3, 0.4) is 0 Å². The number of halogens is 1. The molecule has 40 heavy (non-hydrogen) atoms. The van der Waals surface area contributed by atoms with Gasteiger partial charge in [-0.2, -0.15) is 0 Å². The average molecular weight is 593 g/mol. The molecule has 1 saturated carbocycles. The van der Waals surface area contributed by atoms with Gasteiger partial charge in [0.15, 0.2) is 0 Å². The zero-order valence-corrected chi connectivity index (χ0v) is 24.4. The standard InChI is InChI=1S/C27H37FN6O4S2/c1-17(2)38-27(35)34-19-5-3-18(4-6-19)26-32-14-24(39-26)23-8-7-20(33-21(12-29)13-31-10-9-28)11-25(23)40(30,36)22-15-37-16-22/h7-8,11-14,17-19,22,30,33H,3-6,9-10,15-16,29H2,1-2H3,(H,34,35). The van der Waals surface area contributed by atoms with E-state index in [4.69, 9.17) is 25.0 Å². The molecule has 13 heteroatoms. The number of nitrogens with zero attached hydrogens (tertiary/aromatic N) is 2. The summed E-state index contributed by atoms with van der Waals surface area (Å²) in [5.74, 6) is 0.267. The number of aliphatic imine (C=N–C) groups is 1. The number of hydrogen-bond acceptors (Lipinski definition) is 10. The number of allylic oxidation sites excluding steroid dienone is 1. The van der Waals surface area contributed by atoms with Crippen LogP contribution in [0.15, 0.2) is 46.2 Å². The summed E-state index contributed by atoms with van der Waals surface area (Å²) in [7, 11) is -3.18. The summed E-state index contributed by atoms with van der Waals surface area (Å²) in [5.41, 5.74) is 7.45. The van der Waals surface area contributed by atoms with E-state index in [0.29, 0.717) is 21.8 Å². The fourth-order valence-electron chi connectivity index (χ4n) is 4.64. The number of carbonyl (C=O) groups is 1. The van der Waals surface area contributed by atoms with Crippen LogP contribution in [0.4, 0.5) is 14.9 Å². The SMILES string of the molecule is CC(C)OC(=O)NC1CCC(c2ncc(-c3ccc(NC(C=NCCF)=CN)cc3S(=N)(=O)C3COC3)s2)CC1. The number of alkyl halides is 1. The first-order valence-electron chi connectivity index (χ1n) is 13.4. The maximum Gasteiger partial charge on any atom is 0.407 e. The lowest BCUT2D eigenvalue weighted by atomic mass is 9.86. The fourth-order valence-corrected chi connectivity index (χ4v) is 7.57. The van der Waals surface area contributed by atoms with Crippen LogP contribution in [0.25, 0.3) is 10.4 Å². The summed E-state index contributed by atoms with van der Waals surface area (Å²) < 4.78 is 45.5. The quantitative estimate of drug-likeness (QED) is 0.267. The fraction of sp³-hybridized carbons (Fsp3) is 0.519. The molecule has 2 heterocycles. The maximum atomic E-state index is 13.8. The number of carbonyl (C=O) groups excluding carboxylic acids is 1. The Morgan fingerprint density at radius 2 is 2.10 bits per heavy atom. The Morgan fingerprint density at radius 1 is 1.35 bits per heavy atom. The second kappa shape index (κ2) is 13.6. The molecule has 0 spiro atoms. The molecule has 10 nitrogen and oxygen atoms in total. The molecule has 5 N–H and O–H groups in total. The van der Waals surface area contributed by atoms with Gasteiger partial charge in [0.05, 0.1) is 61.3 Å². The molecule has 4 rings (SSSR count). The molecule has 1 aliphatic heterocycles. The van der Waals surface area contributed by atoms with Crippen molar-refractivity contribution in [2.45, 2.75) is 67.7 Å². The monoisotopic (exact) mass is 592 g/mol. The van der Waals surface area contributed by atoms with E-state index in [2.05, 4.69) is 15.6 Å². The first-order valence-corrected chi connectivity index (χ1v) is 15.8. The Bertz CT molecular complexity index is 1330. The molecular weight excluding hydrogens is 555 g/mol. The summed E-state index contributed by atoms with van der Waals surface area (Å²) in [6.07, 6.45) is 7.48. The van der Waals surface area contributed by atoms with Gasteiger partial charge in [-0.3, -0.25) is 4.99 Å². The number of ether oxygens (including phenoxy) is 2. The van der Waals surface area contributed by atoms with E-state index in [1.807, 2.05) is 26.0 Å². The van der Waals surface area contributed by atoms with Crippen LogP contribution in [0, 0.1) is 4.78 Å². The third-order valence-electron chi connectivity index (χ3n) is 6.83. The van der Waals surface area contributed by atoms with Gasteiger partial charge in [0, 0.05) is 41.8 Å². The Labute approximate surface area is 238 Å². The number of hydrogen-bond donors (Lipinski definition) is 4. The number of anilines is 1. The largest absolute Gasteiger partial charge is 0.447 e. The van der Waals surface area contributed by atoms with Gasteiger partial charge in [0.2, 0.25) is 0 Å². The summed E-state index contributed by atoms with van der Waals surface area (Å²) in [4.78, 5) is 21.9. The van der Waals surface area contributed by atoms with Gasteiger partial charge < -0.3 is 25.8 Å². The van der Waals surface area contributed by atoms with Crippen LogP contribution >= 0.6 is 11.3 Å². The highest BCUT2D eigenvalue weighted by atomic mass is 32.2. The van der Waals surface area contributed by atoms with E-state index in [9.17, 15) is 13.4 Å². The second-order valence-corrected chi connectivity index (χ2v) is 13.5. The van der Waals surface area contributed by atoms with E-state index in [0.717, 1.165) is 35.6 Å². The highest BCUT2D eigenvalue weighted by Gasteiger charge is 2.33. The van der Waals surface area contributed by atoms with Crippen molar-refractivity contribution < 1.29 is 22.9 Å². The van der Waals surface area contributed by atoms with Gasteiger partial charge >= 0.3 is 6.09 Å². The smallest absolute Gasteiger partial charge is 0.407 e. The molecule has 1 amide bonds. The molecule has 0 radical (unpaired) electrons. The summed E-state index contributed by atoms with van der Waals surface area (Å²) in [6, 6.07) is 5.46. The lowest BCUT2D eigenvalue weighted by Crippen LogP contribution is -2.40. The van der Waals surface area contributed by atoms with Crippen LogP contribution in [0.2, 0.25) is 0 Å². The molecule has 2 aliphatic rings. The number of nitrogens with one attached hydrogen (secondary N) is 3. The molecular formula is C27H37FN6O4S2. The molecule has 2 aromatic rings. The molecule has 1 unspecified atom stereocenters. The van der Waals surface area contributed by atoms with Gasteiger partial charge in [-0.05, 0) is 51.7 Å². The molecule has 2 fully saturated rings. The van der Waals surface area contributed by atoms with Gasteiger partial charge in [0.25, 0.3) is 0 Å². The summed E-state index contributed by atoms with van der Waals surface area (Å²) >= 11 is 1.55. The molecule has 1 aromatic carbocycles. The summed E-state index contributed by atoms with van der Waals surface area (Å²) in [6.45, 7) is 3.66. The van der Waals surface area contributed by atoms with E-state index in [-0.39, 0.29) is 43.9 Å². The number of alkyl carbamates (subject to hydrolysis) is 1. The van der Waals surface area contributed by atoms with Gasteiger partial charge in [-0.1, -0.05) is 6.07 Å². The van der Waals surface area contributed by atoms with E-state index < -0.39 is 21.7 Å². The Morgan fingerprint density at radius 3 is 2.73 bits per heavy atom. The van der Waals surface area contributed by atoms with Crippen molar-refractivity contribution in [3.63, 3.8) is 0 Å². The number of nitrogens with two attached hydrogens (primary N) is 1. The lowest BCUT2D eigenvalue weighted by molar-refractivity contribution is 0.0427. The van der Waals surface area contributed by atoms with E-state index in [1.54, 1.807) is 23.6 Å². The van der Waals surface area contributed by atoms with E-state index in [1.165, 1.54) is 12.4 Å². The molecule has 218 valence electrons. The Balaban J connectivity index is 1.53. The van der Waals surface area contributed by atoms with Crippen LogP contribution < -0.4 is 16.4 Å². The first-order chi connectivity index (χ1) is 19.2. The Hall–Kier alpha value is -3.03. The predicted molar refractivity (Wildman–Crippen MR) is 156 cm³/mol. The van der Waals surface area contributed by atoms with Crippen molar-refractivity contribution in [1.82, 2.24) is 10.3 Å². The highest BCUT2D eigenvalue weighted by Crippen LogP contribution is 2.41. The maximum absolute atomic E-state index is 13.8. The van der Waals surface area contributed by atoms with Crippen molar-refractivity contribution in [3.8, 4) is 10.4 Å². The predicted octanol–water partition coefficient (Wildman–Crippen LogP) is 5.03. The van der Waals surface area contributed by atoms with Crippen LogP contribution in [-0.2, 0) is 19.2 Å². The zero-order chi connectivity index (χ0) is 28.7. The zero-order valence-electron chi connectivity index (χ0n) is 22.7. The topological polar surface area (TPSA) is 152 Å². The molecule has 1 atom stereocenters. The Kier molecular flexibility index (Phi) is 10.1. The number of aromatic nitrogens is 1. The van der Waals surface area contributed by atoms with Gasteiger partial charge in [-0.25, -0.2) is 23.2 Å². The molecule has 1 aliphatic carbocycles. The lowest BCUT2D eigenvalue weighted by Gasteiger charge is -2.29. The molecule has 0 bridgehead atoms. The van der Waals surface area contributed by atoms with Crippen molar-refractivity contribution in [2.75, 3.05) is 31.7 Å². The number of thiazole rings is 1. The average Bonchev–Trinajstić information content (AvgIpc) is 3.37. The van der Waals surface area contributed by atoms with Crippen molar-refractivity contribution in [2.24, 2.45) is 10.7 Å². The van der Waals surface area contributed by atoms with Crippen molar-refractivity contribution in [1.29, 1.82) is 4.78 Å². The van der Waals surface area contributed by atoms with Crippen LogP contribution in [0.1, 0.15) is 50.5 Å². The van der Waals surface area contributed by atoms with Crippen LogP contribution in [0.5, 0.6) is 0 Å². The second-order valence-electron chi connectivity index (χ2n) is 10.2. The third kappa shape index (κ3) is 7.38. The molecule has 1 aromatic heterocycles. The minimum atomic E-state index is -3.18. The first kappa shape index (κ1) is 29.9. The normalized spacial score (nSPS) is 21.6. The van der Waals surface area contributed by atoms with Gasteiger partial charge in [0.1, 0.15) is 6.67 Å². The third-order valence-corrected chi connectivity index (χ3v) is 10.2. The number of benzene rings is 1. The minimum absolute atomic E-state index is 0.0297. The van der Waals surface area contributed by atoms with Gasteiger partial charge in [-0.15, -0.1) is 11.3 Å². The highest BCUT2D eigenvalue weighted by molar-refractivity contribution is 7.93. The summed E-state index contributed by atoms with van der Waals surface area (Å²) in [5, 5.41) is 6.66.